The molecule has 3 aromatic heterocycles. The predicted molar refractivity (Wildman–Crippen MR) is 155 cm³/mol. The van der Waals surface area contributed by atoms with Crippen LogP contribution in [0.4, 0.5) is 49.7 Å². The normalized spacial score (nSPS) is 17.6. The van der Waals surface area contributed by atoms with E-state index in [0.29, 0.717) is 40.5 Å². The van der Waals surface area contributed by atoms with E-state index in [2.05, 4.69) is 37.3 Å². The third-order valence-electron chi connectivity index (χ3n) is 6.68. The van der Waals surface area contributed by atoms with E-state index in [-0.39, 0.29) is 13.2 Å². The lowest BCUT2D eigenvalue weighted by atomic mass is 10.1. The Labute approximate surface area is 257 Å². The van der Waals surface area contributed by atoms with Crippen LogP contribution >= 0.6 is 11.8 Å². The molecule has 0 bridgehead atoms. The Morgan fingerprint density at radius 2 is 1.89 bits per heavy atom. The minimum atomic E-state index is -5.08. The standard InChI is InChI=1S/C23H31F3N10OS.C2HF3O2/c1-2-16-13-35(6-5-28-16)22-31-18-19(20(32-22)30-17-3-4-27-15-29-17)36(7-10-37-14-23(24,25)26)33-21(18)34-8-11-38-12-9-34;3-2(4,5)1(6)7/h3-4,15-16,28H,2,5-14H2,1H3,(H,27,29,30,31,32);(H,6,7)/t16-;/m1./s1. The van der Waals surface area contributed by atoms with Crippen molar-refractivity contribution in [3.05, 3.63) is 18.6 Å². The molecule has 3 aromatic rings. The van der Waals surface area contributed by atoms with E-state index in [1.165, 1.54) is 6.33 Å². The Bertz CT molecular complexity index is 1410. The Hall–Kier alpha value is -3.65. The molecule has 2 saturated heterocycles. The van der Waals surface area contributed by atoms with Gasteiger partial charge in [0.2, 0.25) is 5.95 Å². The lowest BCUT2D eigenvalue weighted by Crippen LogP contribution is -2.51. The zero-order valence-corrected chi connectivity index (χ0v) is 24.9. The number of piperazine rings is 1. The van der Waals surface area contributed by atoms with Crippen LogP contribution in [0.1, 0.15) is 13.3 Å². The first-order chi connectivity index (χ1) is 21.4. The van der Waals surface area contributed by atoms with Crippen molar-refractivity contribution in [2.45, 2.75) is 38.3 Å². The fourth-order valence-electron chi connectivity index (χ4n) is 4.54. The molecule has 2 aliphatic heterocycles. The molecule has 0 radical (unpaired) electrons. The molecule has 1 atom stereocenters. The van der Waals surface area contributed by atoms with Gasteiger partial charge in [0, 0.05) is 56.5 Å². The monoisotopic (exact) mass is 666 g/mol. The van der Waals surface area contributed by atoms with E-state index < -0.39 is 24.9 Å². The second kappa shape index (κ2) is 15.1. The van der Waals surface area contributed by atoms with Gasteiger partial charge in [0.15, 0.2) is 11.6 Å². The van der Waals surface area contributed by atoms with Gasteiger partial charge in [0.1, 0.15) is 29.8 Å². The Morgan fingerprint density at radius 3 is 2.51 bits per heavy atom. The van der Waals surface area contributed by atoms with Crippen LogP contribution < -0.4 is 20.4 Å². The van der Waals surface area contributed by atoms with E-state index in [1.54, 1.807) is 16.9 Å². The smallest absolute Gasteiger partial charge is 0.475 e. The third-order valence-corrected chi connectivity index (χ3v) is 7.63. The number of nitrogens with one attached hydrogen (secondary N) is 2. The van der Waals surface area contributed by atoms with E-state index >= 15 is 0 Å². The number of anilines is 4. The quantitative estimate of drug-likeness (QED) is 0.227. The van der Waals surface area contributed by atoms with Crippen molar-refractivity contribution in [3.63, 3.8) is 0 Å². The summed E-state index contributed by atoms with van der Waals surface area (Å²) in [5.41, 5.74) is 1.25. The number of carboxylic acids is 1. The summed E-state index contributed by atoms with van der Waals surface area (Å²) in [4.78, 5) is 31.4. The average Bonchev–Trinajstić information content (AvgIpc) is 3.38. The maximum absolute atomic E-state index is 12.7. The number of thioether (sulfide) groups is 1. The summed E-state index contributed by atoms with van der Waals surface area (Å²) in [5, 5.41) is 18.7. The van der Waals surface area contributed by atoms with Crippen LogP contribution in [0.15, 0.2) is 18.6 Å². The van der Waals surface area contributed by atoms with Crippen LogP contribution in [0.5, 0.6) is 0 Å². The number of rotatable bonds is 9. The SMILES string of the molecule is CC[C@@H]1CN(c2nc(Nc3ccncn3)c3c(n2)c(N2CCSCC2)nn3CCOCC(F)(F)F)CCN1.O=C(O)C(F)(F)F. The van der Waals surface area contributed by atoms with Crippen molar-refractivity contribution in [1.82, 2.24) is 35.0 Å². The Balaban J connectivity index is 0.000000591. The largest absolute Gasteiger partial charge is 0.490 e. The highest BCUT2D eigenvalue weighted by atomic mass is 32.2. The summed E-state index contributed by atoms with van der Waals surface area (Å²) < 4.78 is 76.2. The van der Waals surface area contributed by atoms with Crippen LogP contribution in [-0.4, -0.2) is 117 Å². The fraction of sp³-hybridized carbons (Fsp3) is 0.600. The average molecular weight is 667 g/mol. The topological polar surface area (TPSA) is 146 Å². The first-order valence-corrected chi connectivity index (χ1v) is 15.1. The second-order valence-electron chi connectivity index (χ2n) is 9.91. The van der Waals surface area contributed by atoms with Crippen LogP contribution in [0.3, 0.4) is 0 Å². The highest BCUT2D eigenvalue weighted by molar-refractivity contribution is 7.99. The number of alkyl halides is 6. The van der Waals surface area contributed by atoms with Gasteiger partial charge in [0.25, 0.3) is 0 Å². The molecule has 0 aromatic carbocycles. The van der Waals surface area contributed by atoms with Gasteiger partial charge >= 0.3 is 18.3 Å². The van der Waals surface area contributed by atoms with Crippen molar-refractivity contribution in [2.24, 2.45) is 0 Å². The van der Waals surface area contributed by atoms with Crippen molar-refractivity contribution >= 4 is 52.2 Å². The first kappa shape index (κ1) is 34.2. The van der Waals surface area contributed by atoms with Crippen molar-refractivity contribution in [2.75, 3.05) is 72.6 Å². The third kappa shape index (κ3) is 9.67. The van der Waals surface area contributed by atoms with Crippen LogP contribution in [-0.2, 0) is 16.1 Å². The summed E-state index contributed by atoms with van der Waals surface area (Å²) in [6, 6.07) is 2.05. The van der Waals surface area contributed by atoms with Gasteiger partial charge in [-0.1, -0.05) is 6.92 Å². The summed E-state index contributed by atoms with van der Waals surface area (Å²) in [6.07, 6.45) is -5.43. The molecule has 13 nitrogen and oxygen atoms in total. The van der Waals surface area contributed by atoms with Crippen molar-refractivity contribution in [3.8, 4) is 0 Å². The van der Waals surface area contributed by atoms with Crippen LogP contribution in [0, 0.1) is 0 Å². The molecule has 0 spiro atoms. The maximum atomic E-state index is 12.7. The Kier molecular flexibility index (Phi) is 11.5. The zero-order valence-electron chi connectivity index (χ0n) is 24.1. The van der Waals surface area contributed by atoms with Gasteiger partial charge in [-0.15, -0.1) is 0 Å². The van der Waals surface area contributed by atoms with Crippen molar-refractivity contribution in [1.29, 1.82) is 0 Å². The molecule has 0 saturated carbocycles. The number of fused-ring (bicyclic) bond motifs is 1. The molecule has 2 aliphatic rings. The van der Waals surface area contributed by atoms with E-state index in [0.717, 1.165) is 50.7 Å². The number of nitrogens with zero attached hydrogens (tertiary/aromatic N) is 8. The lowest BCUT2D eigenvalue weighted by Gasteiger charge is -2.33. The lowest BCUT2D eigenvalue weighted by molar-refractivity contribution is -0.192. The molecular formula is C25H32F6N10O3S. The van der Waals surface area contributed by atoms with Gasteiger partial charge in [-0.05, 0) is 12.5 Å². The second-order valence-corrected chi connectivity index (χ2v) is 11.1. The number of halogens is 6. The molecule has 3 N–H and O–H groups in total. The summed E-state index contributed by atoms with van der Waals surface area (Å²) >= 11 is 1.88. The molecule has 0 amide bonds. The summed E-state index contributed by atoms with van der Waals surface area (Å²) in [6.45, 7) is 4.75. The first-order valence-electron chi connectivity index (χ1n) is 13.9. The zero-order chi connectivity index (χ0) is 32.6. The molecule has 248 valence electrons. The van der Waals surface area contributed by atoms with Gasteiger partial charge in [0.05, 0.1) is 13.2 Å². The number of hydrogen-bond donors (Lipinski definition) is 3. The van der Waals surface area contributed by atoms with Gasteiger partial charge in [-0.3, -0.25) is 4.68 Å². The van der Waals surface area contributed by atoms with Gasteiger partial charge in [-0.2, -0.15) is 48.2 Å². The van der Waals surface area contributed by atoms with Crippen molar-refractivity contribution < 1.29 is 41.0 Å². The van der Waals surface area contributed by atoms with E-state index in [4.69, 9.17) is 29.7 Å². The summed E-state index contributed by atoms with van der Waals surface area (Å²) in [5.74, 6) is 1.46. The number of carboxylic acid groups (broad SMARTS) is 1. The van der Waals surface area contributed by atoms with E-state index in [9.17, 15) is 26.3 Å². The molecular weight excluding hydrogens is 634 g/mol. The molecule has 0 unspecified atom stereocenters. The maximum Gasteiger partial charge on any atom is 0.490 e. The highest BCUT2D eigenvalue weighted by Crippen LogP contribution is 2.33. The number of hydrogen-bond acceptors (Lipinski definition) is 12. The minimum Gasteiger partial charge on any atom is -0.475 e. The predicted octanol–water partition coefficient (Wildman–Crippen LogP) is 3.31. The van der Waals surface area contributed by atoms with E-state index in [1.807, 2.05) is 11.8 Å². The minimum absolute atomic E-state index is 0.113. The molecule has 5 heterocycles. The molecule has 0 aliphatic carbocycles. The highest BCUT2D eigenvalue weighted by Gasteiger charge is 2.38. The number of carbonyl (C=O) groups is 1. The molecule has 45 heavy (non-hydrogen) atoms. The summed E-state index contributed by atoms with van der Waals surface area (Å²) in [7, 11) is 0. The Morgan fingerprint density at radius 1 is 1.16 bits per heavy atom. The number of ether oxygens (including phenoxy) is 1. The van der Waals surface area contributed by atoms with Crippen LogP contribution in [0.2, 0.25) is 0 Å². The van der Waals surface area contributed by atoms with Crippen LogP contribution in [0.25, 0.3) is 11.0 Å². The molecule has 5 rings (SSSR count). The number of aliphatic carboxylic acids is 1. The van der Waals surface area contributed by atoms with Gasteiger partial charge < -0.3 is 30.3 Å². The molecule has 2 fully saturated rings. The molecule has 20 heteroatoms. The fourth-order valence-corrected chi connectivity index (χ4v) is 5.44. The number of aromatic nitrogens is 6. The van der Waals surface area contributed by atoms with Gasteiger partial charge in [-0.25, -0.2) is 19.7 Å².